The molecule has 0 radical (unpaired) electrons. The molecule has 0 bridgehead atoms. The average Bonchev–Trinajstić information content (AvgIpc) is 2.04. The van der Waals surface area contributed by atoms with Crippen LogP contribution >= 0.6 is 22.6 Å². The zero-order valence-electron chi connectivity index (χ0n) is 6.00. The van der Waals surface area contributed by atoms with Crippen LogP contribution in [0.3, 0.4) is 0 Å². The first-order chi connectivity index (χ1) is 5.25. The quantitative estimate of drug-likeness (QED) is 0.789. The molecule has 60 valence electrons. The van der Waals surface area contributed by atoms with E-state index in [-0.39, 0.29) is 12.6 Å². The first kappa shape index (κ1) is 8.96. The van der Waals surface area contributed by atoms with E-state index < -0.39 is 0 Å². The van der Waals surface area contributed by atoms with E-state index in [0.717, 1.165) is 9.13 Å². The normalized spacial score (nSPS) is 13.0. The van der Waals surface area contributed by atoms with Gasteiger partial charge in [0.25, 0.3) is 0 Å². The van der Waals surface area contributed by atoms with Crippen molar-refractivity contribution >= 4 is 22.6 Å². The molecular weight excluding hydrogens is 253 g/mol. The Kier molecular flexibility index (Phi) is 3.29. The van der Waals surface area contributed by atoms with E-state index in [0.29, 0.717) is 0 Å². The van der Waals surface area contributed by atoms with Gasteiger partial charge in [0, 0.05) is 3.57 Å². The summed E-state index contributed by atoms with van der Waals surface area (Å²) in [5.41, 5.74) is 6.65. The highest BCUT2D eigenvalue weighted by Crippen LogP contribution is 2.16. The molecule has 0 spiro atoms. The molecular formula is C8H10INO. The Hall–Kier alpha value is -0.130. The molecule has 0 heterocycles. The molecule has 1 rings (SSSR count). The van der Waals surface area contributed by atoms with E-state index in [1.807, 2.05) is 24.3 Å². The lowest BCUT2D eigenvalue weighted by Gasteiger charge is -2.09. The minimum atomic E-state index is -0.247. The van der Waals surface area contributed by atoms with Crippen molar-refractivity contribution in [2.45, 2.75) is 6.04 Å². The number of nitrogens with two attached hydrogens (primary N) is 1. The second-order valence-electron chi connectivity index (χ2n) is 2.31. The van der Waals surface area contributed by atoms with Crippen LogP contribution in [0.1, 0.15) is 11.6 Å². The second kappa shape index (κ2) is 4.04. The van der Waals surface area contributed by atoms with Crippen molar-refractivity contribution in [3.8, 4) is 0 Å². The van der Waals surface area contributed by atoms with Crippen molar-refractivity contribution in [1.82, 2.24) is 0 Å². The predicted molar refractivity (Wildman–Crippen MR) is 53.2 cm³/mol. The molecule has 3 heteroatoms. The summed E-state index contributed by atoms with van der Waals surface area (Å²) < 4.78 is 1.10. The molecule has 0 saturated heterocycles. The SMILES string of the molecule is N[C@H](CO)c1ccccc1I. The third kappa shape index (κ3) is 2.15. The van der Waals surface area contributed by atoms with Gasteiger partial charge in [-0.2, -0.15) is 0 Å². The lowest BCUT2D eigenvalue weighted by molar-refractivity contribution is 0.267. The lowest BCUT2D eigenvalue weighted by atomic mass is 10.1. The summed E-state index contributed by atoms with van der Waals surface area (Å²) in [6.45, 7) is 0.0000148. The summed E-state index contributed by atoms with van der Waals surface area (Å²) in [7, 11) is 0. The lowest BCUT2D eigenvalue weighted by Crippen LogP contribution is -2.15. The molecule has 1 atom stereocenters. The number of aliphatic hydroxyl groups is 1. The fraction of sp³-hybridized carbons (Fsp3) is 0.250. The average molecular weight is 263 g/mol. The van der Waals surface area contributed by atoms with Crippen LogP contribution in [0, 0.1) is 3.57 Å². The predicted octanol–water partition coefficient (Wildman–Crippen LogP) is 1.28. The minimum Gasteiger partial charge on any atom is -0.394 e. The molecule has 0 aliphatic rings. The summed E-state index contributed by atoms with van der Waals surface area (Å²) >= 11 is 2.21. The van der Waals surface area contributed by atoms with E-state index in [1.54, 1.807) is 0 Å². The Morgan fingerprint density at radius 2 is 2.09 bits per heavy atom. The van der Waals surface area contributed by atoms with Crippen LogP contribution in [0.4, 0.5) is 0 Å². The number of aliphatic hydroxyl groups excluding tert-OH is 1. The third-order valence-electron chi connectivity index (χ3n) is 1.50. The van der Waals surface area contributed by atoms with Gasteiger partial charge in [0.1, 0.15) is 0 Å². The number of hydrogen-bond acceptors (Lipinski definition) is 2. The van der Waals surface area contributed by atoms with Gasteiger partial charge in [0.05, 0.1) is 12.6 Å². The molecule has 1 aromatic rings. The van der Waals surface area contributed by atoms with Gasteiger partial charge in [-0.1, -0.05) is 18.2 Å². The minimum absolute atomic E-state index is 0.0000148. The molecule has 0 aliphatic heterocycles. The maximum atomic E-state index is 8.78. The molecule has 0 aliphatic carbocycles. The Bertz CT molecular complexity index is 239. The van der Waals surface area contributed by atoms with Crippen LogP contribution in [0.15, 0.2) is 24.3 Å². The Labute approximate surface area is 79.6 Å². The van der Waals surface area contributed by atoms with Gasteiger partial charge in [0.2, 0.25) is 0 Å². The van der Waals surface area contributed by atoms with E-state index in [9.17, 15) is 0 Å². The largest absolute Gasteiger partial charge is 0.394 e. The van der Waals surface area contributed by atoms with Crippen LogP contribution < -0.4 is 5.73 Å². The monoisotopic (exact) mass is 263 g/mol. The van der Waals surface area contributed by atoms with Crippen molar-refractivity contribution in [2.24, 2.45) is 5.73 Å². The molecule has 2 nitrogen and oxygen atoms in total. The van der Waals surface area contributed by atoms with Gasteiger partial charge >= 0.3 is 0 Å². The van der Waals surface area contributed by atoms with Crippen LogP contribution in [0.25, 0.3) is 0 Å². The van der Waals surface area contributed by atoms with E-state index in [2.05, 4.69) is 22.6 Å². The molecule has 0 amide bonds. The standard InChI is InChI=1S/C8H10INO/c9-7-4-2-1-3-6(7)8(10)5-11/h1-4,8,11H,5,10H2/t8-/m1/s1. The highest BCUT2D eigenvalue weighted by molar-refractivity contribution is 14.1. The summed E-state index contributed by atoms with van der Waals surface area (Å²) in [4.78, 5) is 0. The maximum Gasteiger partial charge on any atom is 0.0624 e. The van der Waals surface area contributed by atoms with Gasteiger partial charge < -0.3 is 10.8 Å². The molecule has 0 fully saturated rings. The van der Waals surface area contributed by atoms with Gasteiger partial charge in [-0.3, -0.25) is 0 Å². The van der Waals surface area contributed by atoms with Crippen molar-refractivity contribution in [2.75, 3.05) is 6.61 Å². The Morgan fingerprint density at radius 1 is 1.45 bits per heavy atom. The van der Waals surface area contributed by atoms with Crippen molar-refractivity contribution in [3.63, 3.8) is 0 Å². The Balaban J connectivity index is 2.93. The van der Waals surface area contributed by atoms with E-state index >= 15 is 0 Å². The highest BCUT2D eigenvalue weighted by atomic mass is 127. The molecule has 0 saturated carbocycles. The van der Waals surface area contributed by atoms with Gasteiger partial charge in [-0.25, -0.2) is 0 Å². The van der Waals surface area contributed by atoms with E-state index in [1.165, 1.54) is 0 Å². The summed E-state index contributed by atoms with van der Waals surface area (Å²) in [6, 6.07) is 7.54. The van der Waals surface area contributed by atoms with Crippen molar-refractivity contribution in [1.29, 1.82) is 0 Å². The number of rotatable bonds is 2. The van der Waals surface area contributed by atoms with E-state index in [4.69, 9.17) is 10.8 Å². The van der Waals surface area contributed by atoms with Crippen molar-refractivity contribution in [3.05, 3.63) is 33.4 Å². The molecule has 1 aromatic carbocycles. The summed E-state index contributed by atoms with van der Waals surface area (Å²) in [5.74, 6) is 0. The Morgan fingerprint density at radius 3 is 2.64 bits per heavy atom. The van der Waals surface area contributed by atoms with Crippen LogP contribution in [-0.2, 0) is 0 Å². The number of benzene rings is 1. The zero-order chi connectivity index (χ0) is 8.27. The third-order valence-corrected chi connectivity index (χ3v) is 2.48. The second-order valence-corrected chi connectivity index (χ2v) is 3.47. The molecule has 3 N–H and O–H groups in total. The van der Waals surface area contributed by atoms with Gasteiger partial charge in [-0.15, -0.1) is 0 Å². The number of halogens is 1. The zero-order valence-corrected chi connectivity index (χ0v) is 8.15. The van der Waals surface area contributed by atoms with Gasteiger partial charge in [-0.05, 0) is 34.2 Å². The fourth-order valence-electron chi connectivity index (χ4n) is 0.874. The molecule has 0 unspecified atom stereocenters. The highest BCUT2D eigenvalue weighted by Gasteiger charge is 2.06. The van der Waals surface area contributed by atoms with Crippen LogP contribution in [-0.4, -0.2) is 11.7 Å². The summed E-state index contributed by atoms with van der Waals surface area (Å²) in [5, 5.41) is 8.78. The summed E-state index contributed by atoms with van der Waals surface area (Å²) in [6.07, 6.45) is 0. The smallest absolute Gasteiger partial charge is 0.0624 e. The molecule has 11 heavy (non-hydrogen) atoms. The van der Waals surface area contributed by atoms with Crippen LogP contribution in [0.5, 0.6) is 0 Å². The number of hydrogen-bond donors (Lipinski definition) is 2. The first-order valence-corrected chi connectivity index (χ1v) is 4.44. The topological polar surface area (TPSA) is 46.2 Å². The molecule has 0 aromatic heterocycles. The fourth-order valence-corrected chi connectivity index (χ4v) is 1.66. The van der Waals surface area contributed by atoms with Gasteiger partial charge in [0.15, 0.2) is 0 Å². The first-order valence-electron chi connectivity index (χ1n) is 3.36. The maximum absolute atomic E-state index is 8.78. The van der Waals surface area contributed by atoms with Crippen LogP contribution in [0.2, 0.25) is 0 Å². The van der Waals surface area contributed by atoms with Crippen molar-refractivity contribution < 1.29 is 5.11 Å².